The number of carbonyl (C=O) groups is 1. The molecule has 1 heterocycles. The maximum Gasteiger partial charge on any atom is 0.419 e. The van der Waals surface area contributed by atoms with Crippen LogP contribution in [-0.2, 0) is 11.0 Å². The van der Waals surface area contributed by atoms with Crippen molar-refractivity contribution in [1.82, 2.24) is 4.98 Å². The molecule has 0 radical (unpaired) electrons. The Kier molecular flexibility index (Phi) is 7.01. The number of ether oxygens (including phenoxy) is 1. The Labute approximate surface area is 162 Å². The Balaban J connectivity index is 2.45. The summed E-state index contributed by atoms with van der Waals surface area (Å²) < 4.78 is 46.2. The molecule has 8 heteroatoms. The number of nitrogens with one attached hydrogen (secondary N) is 1. The van der Waals surface area contributed by atoms with E-state index in [4.69, 9.17) is 10.5 Å². The molecule has 5 nitrogen and oxygen atoms in total. The molecule has 1 atom stereocenters. The van der Waals surface area contributed by atoms with Crippen LogP contribution in [0.4, 0.5) is 19.0 Å². The Hall–Kier alpha value is -2.61. The molecule has 1 aromatic heterocycles. The molecule has 0 aliphatic rings. The van der Waals surface area contributed by atoms with Gasteiger partial charge in [-0.15, -0.1) is 0 Å². The summed E-state index contributed by atoms with van der Waals surface area (Å²) in [6, 6.07) is 6.49. The van der Waals surface area contributed by atoms with Crippen molar-refractivity contribution in [2.24, 2.45) is 11.7 Å². The minimum absolute atomic E-state index is 0.0398. The largest absolute Gasteiger partial charge is 0.491 e. The van der Waals surface area contributed by atoms with Gasteiger partial charge in [-0.3, -0.25) is 4.79 Å². The highest BCUT2D eigenvalue weighted by Crippen LogP contribution is 2.42. The molecule has 0 bridgehead atoms. The number of pyridine rings is 1. The van der Waals surface area contributed by atoms with Gasteiger partial charge in [0.1, 0.15) is 18.2 Å². The number of aromatic nitrogens is 1. The second-order valence-corrected chi connectivity index (χ2v) is 6.99. The summed E-state index contributed by atoms with van der Waals surface area (Å²) in [5.41, 5.74) is 5.80. The second-order valence-electron chi connectivity index (χ2n) is 6.99. The maximum atomic E-state index is 13.5. The number of nitrogens with zero attached hydrogens (tertiary/aromatic N) is 1. The molecule has 28 heavy (non-hydrogen) atoms. The Morgan fingerprint density at radius 2 is 2.00 bits per heavy atom. The summed E-state index contributed by atoms with van der Waals surface area (Å²) in [7, 11) is 0. The molecule has 152 valence electrons. The van der Waals surface area contributed by atoms with Crippen molar-refractivity contribution in [1.29, 1.82) is 0 Å². The Morgan fingerprint density at radius 1 is 1.29 bits per heavy atom. The van der Waals surface area contributed by atoms with Crippen LogP contribution in [0.25, 0.3) is 11.1 Å². The fourth-order valence-electron chi connectivity index (χ4n) is 2.85. The Bertz CT molecular complexity index is 823. The summed E-state index contributed by atoms with van der Waals surface area (Å²) in [4.78, 5) is 15.2. The van der Waals surface area contributed by atoms with Gasteiger partial charge in [-0.25, -0.2) is 4.98 Å². The van der Waals surface area contributed by atoms with Crippen molar-refractivity contribution in [3.05, 3.63) is 42.1 Å². The number of hydrogen-bond acceptors (Lipinski definition) is 4. The number of carbonyl (C=O) groups excluding carboxylic acids is 1. The van der Waals surface area contributed by atoms with Crippen LogP contribution in [0.5, 0.6) is 5.75 Å². The number of anilines is 1. The lowest BCUT2D eigenvalue weighted by Crippen LogP contribution is -2.30. The van der Waals surface area contributed by atoms with Crippen molar-refractivity contribution < 1.29 is 22.7 Å². The van der Waals surface area contributed by atoms with Gasteiger partial charge in [0.25, 0.3) is 0 Å². The average Bonchev–Trinajstić information content (AvgIpc) is 2.58. The first-order chi connectivity index (χ1) is 13.1. The molecule has 2 aromatic rings. The van der Waals surface area contributed by atoms with Crippen molar-refractivity contribution in [2.45, 2.75) is 39.4 Å². The predicted molar refractivity (Wildman–Crippen MR) is 102 cm³/mol. The topological polar surface area (TPSA) is 77.2 Å². The van der Waals surface area contributed by atoms with Crippen LogP contribution in [-0.4, -0.2) is 23.5 Å². The van der Waals surface area contributed by atoms with Gasteiger partial charge in [-0.1, -0.05) is 26.0 Å². The third-order valence-corrected chi connectivity index (χ3v) is 3.91. The van der Waals surface area contributed by atoms with Crippen molar-refractivity contribution >= 4 is 11.7 Å². The van der Waals surface area contributed by atoms with E-state index in [2.05, 4.69) is 10.3 Å². The highest BCUT2D eigenvalue weighted by Gasteiger charge is 2.35. The molecule has 3 N–H and O–H groups in total. The normalized spacial score (nSPS) is 12.7. The lowest BCUT2D eigenvalue weighted by Gasteiger charge is -2.21. The van der Waals surface area contributed by atoms with E-state index in [1.807, 2.05) is 13.8 Å². The molecule has 0 aliphatic heterocycles. The molecule has 0 saturated heterocycles. The van der Waals surface area contributed by atoms with E-state index >= 15 is 0 Å². The van der Waals surface area contributed by atoms with Crippen LogP contribution in [0, 0.1) is 5.92 Å². The first kappa shape index (κ1) is 21.7. The molecule has 0 saturated carbocycles. The zero-order valence-electron chi connectivity index (χ0n) is 16.0. The third kappa shape index (κ3) is 5.95. The SMILES string of the molecule is CC(=O)Nc1cc(-c2cccc(C(F)(F)F)c2OCC(N)CC(C)C)ccn1. The molecule has 0 spiro atoms. The van der Waals surface area contributed by atoms with E-state index in [0.717, 1.165) is 6.07 Å². The highest BCUT2D eigenvalue weighted by molar-refractivity contribution is 5.88. The average molecular weight is 395 g/mol. The van der Waals surface area contributed by atoms with E-state index in [-0.39, 0.29) is 35.7 Å². The highest BCUT2D eigenvalue weighted by atomic mass is 19.4. The molecule has 2 rings (SSSR count). The van der Waals surface area contributed by atoms with Crippen LogP contribution < -0.4 is 15.8 Å². The van der Waals surface area contributed by atoms with E-state index in [1.165, 1.54) is 31.3 Å². The minimum atomic E-state index is -4.58. The summed E-state index contributed by atoms with van der Waals surface area (Å²) in [6.45, 7) is 5.25. The standard InChI is InChI=1S/C20H24F3N3O2/c1-12(2)9-15(24)11-28-19-16(5-4-6-17(19)20(21,22)23)14-7-8-25-18(10-14)26-13(3)27/h4-8,10,12,15H,9,11,24H2,1-3H3,(H,25,26,27). The van der Waals surface area contributed by atoms with Gasteiger partial charge in [0.2, 0.25) is 5.91 Å². The first-order valence-corrected chi connectivity index (χ1v) is 8.90. The number of benzene rings is 1. The molecule has 1 unspecified atom stereocenters. The lowest BCUT2D eigenvalue weighted by atomic mass is 10.0. The molecule has 1 amide bonds. The summed E-state index contributed by atoms with van der Waals surface area (Å²) in [5, 5.41) is 2.52. The summed E-state index contributed by atoms with van der Waals surface area (Å²) >= 11 is 0. The van der Waals surface area contributed by atoms with Crippen LogP contribution in [0.15, 0.2) is 36.5 Å². The van der Waals surface area contributed by atoms with E-state index in [1.54, 1.807) is 6.07 Å². The van der Waals surface area contributed by atoms with Crippen LogP contribution in [0.3, 0.4) is 0 Å². The van der Waals surface area contributed by atoms with Crippen LogP contribution in [0.1, 0.15) is 32.8 Å². The number of para-hydroxylation sites is 1. The van der Waals surface area contributed by atoms with Gasteiger partial charge in [0.05, 0.1) is 5.56 Å². The third-order valence-electron chi connectivity index (χ3n) is 3.91. The maximum absolute atomic E-state index is 13.5. The van der Waals surface area contributed by atoms with Gasteiger partial charge in [-0.2, -0.15) is 13.2 Å². The molecular weight excluding hydrogens is 371 g/mol. The molecule has 0 fully saturated rings. The van der Waals surface area contributed by atoms with E-state index in [9.17, 15) is 18.0 Å². The van der Waals surface area contributed by atoms with Crippen LogP contribution >= 0.6 is 0 Å². The number of halogens is 3. The monoisotopic (exact) mass is 395 g/mol. The number of amides is 1. The van der Waals surface area contributed by atoms with Crippen molar-refractivity contribution in [2.75, 3.05) is 11.9 Å². The van der Waals surface area contributed by atoms with Gasteiger partial charge in [0, 0.05) is 24.7 Å². The zero-order valence-corrected chi connectivity index (χ0v) is 16.0. The molecular formula is C20H24F3N3O2. The number of rotatable bonds is 7. The fraction of sp³-hybridized carbons (Fsp3) is 0.400. The smallest absolute Gasteiger partial charge is 0.419 e. The van der Waals surface area contributed by atoms with Gasteiger partial charge in [-0.05, 0) is 36.1 Å². The minimum Gasteiger partial charge on any atom is -0.491 e. The number of nitrogens with two attached hydrogens (primary N) is 1. The van der Waals surface area contributed by atoms with E-state index in [0.29, 0.717) is 17.9 Å². The quantitative estimate of drug-likeness (QED) is 0.725. The number of alkyl halides is 3. The predicted octanol–water partition coefficient (Wildman–Crippen LogP) is 4.48. The second kappa shape index (κ2) is 9.05. The zero-order chi connectivity index (χ0) is 20.9. The van der Waals surface area contributed by atoms with Crippen molar-refractivity contribution in [3.63, 3.8) is 0 Å². The molecule has 1 aromatic carbocycles. The summed E-state index contributed by atoms with van der Waals surface area (Å²) in [6.07, 6.45) is -2.54. The van der Waals surface area contributed by atoms with Crippen LogP contribution in [0.2, 0.25) is 0 Å². The lowest BCUT2D eigenvalue weighted by molar-refractivity contribution is -0.139. The number of hydrogen-bond donors (Lipinski definition) is 2. The molecule has 0 aliphatic carbocycles. The first-order valence-electron chi connectivity index (χ1n) is 8.90. The van der Waals surface area contributed by atoms with Gasteiger partial charge < -0.3 is 15.8 Å². The van der Waals surface area contributed by atoms with Gasteiger partial charge >= 0.3 is 6.18 Å². The Morgan fingerprint density at radius 3 is 2.61 bits per heavy atom. The van der Waals surface area contributed by atoms with Gasteiger partial charge in [0.15, 0.2) is 0 Å². The fourth-order valence-corrected chi connectivity index (χ4v) is 2.85. The summed E-state index contributed by atoms with van der Waals surface area (Å²) in [5.74, 6) is -0.0692. The van der Waals surface area contributed by atoms with Crippen molar-refractivity contribution in [3.8, 4) is 16.9 Å². The van der Waals surface area contributed by atoms with E-state index < -0.39 is 11.7 Å².